The van der Waals surface area contributed by atoms with Crippen molar-refractivity contribution in [3.63, 3.8) is 0 Å². The summed E-state index contributed by atoms with van der Waals surface area (Å²) in [6.07, 6.45) is -3.41. The van der Waals surface area contributed by atoms with Crippen LogP contribution in [0, 0.1) is 0 Å². The Kier molecular flexibility index (Phi) is 2.15. The van der Waals surface area contributed by atoms with Gasteiger partial charge in [-0.25, -0.2) is 0 Å². The summed E-state index contributed by atoms with van der Waals surface area (Å²) in [6.45, 7) is 0. The fourth-order valence-electron chi connectivity index (χ4n) is 1.49. The van der Waals surface area contributed by atoms with Gasteiger partial charge in [0, 0.05) is 21.2 Å². The molecular weight excluding hydrogens is 260 g/mol. The number of ketones is 1. The molecule has 0 amide bonds. The van der Waals surface area contributed by atoms with Crippen LogP contribution in [-0.4, -0.2) is 26.2 Å². The highest BCUT2D eigenvalue weighted by Gasteiger charge is 2.17. The minimum atomic E-state index is -2.75. The van der Waals surface area contributed by atoms with E-state index >= 15 is 0 Å². The largest absolute Gasteiger partial charge is 0.508 e. The van der Waals surface area contributed by atoms with Gasteiger partial charge in [-0.15, -0.1) is 0 Å². The highest BCUT2D eigenvalue weighted by atomic mass is 16.3. The Morgan fingerprint density at radius 3 is 2.15 bits per heavy atom. The van der Waals surface area contributed by atoms with Crippen LogP contribution in [0.2, 0.25) is 0 Å². The minimum Gasteiger partial charge on any atom is -0.508 e. The van der Waals surface area contributed by atoms with Gasteiger partial charge in [0.05, 0.1) is 5.48 Å². The van der Waals surface area contributed by atoms with Crippen LogP contribution in [0.4, 0.5) is 0 Å². The molecule has 0 spiro atoms. The number of aryl methyl sites for hydroxylation is 1. The SMILES string of the molecule is [2H]c1cc(CC([2H])([2H])C(=O)c2c(O)c([2H])c(O)c([2H])c2O)cc([2H])c1O. The highest BCUT2D eigenvalue weighted by Crippen LogP contribution is 2.33. The van der Waals surface area contributed by atoms with Crippen LogP contribution in [0.1, 0.15) is 30.5 Å². The third-order valence-corrected chi connectivity index (χ3v) is 2.42. The summed E-state index contributed by atoms with van der Waals surface area (Å²) in [5.41, 5.74) is -0.982. The van der Waals surface area contributed by atoms with Crippen LogP contribution in [0.3, 0.4) is 0 Å². The van der Waals surface area contributed by atoms with Crippen molar-refractivity contribution >= 4 is 5.78 Å². The Hall–Kier alpha value is -2.69. The molecule has 0 unspecified atom stereocenters. The van der Waals surface area contributed by atoms with Crippen LogP contribution in [-0.2, 0) is 6.42 Å². The number of hydrogen-bond acceptors (Lipinski definition) is 5. The Morgan fingerprint density at radius 1 is 1.05 bits per heavy atom. The second-order valence-electron chi connectivity index (χ2n) is 3.85. The van der Waals surface area contributed by atoms with Crippen LogP contribution in [0.5, 0.6) is 23.0 Å². The fourth-order valence-corrected chi connectivity index (χ4v) is 1.49. The van der Waals surface area contributed by atoms with Crippen molar-refractivity contribution in [2.75, 3.05) is 0 Å². The van der Waals surface area contributed by atoms with Gasteiger partial charge >= 0.3 is 0 Å². The van der Waals surface area contributed by atoms with E-state index in [2.05, 4.69) is 0 Å². The van der Waals surface area contributed by atoms with Crippen molar-refractivity contribution in [1.29, 1.82) is 0 Å². The lowest BCUT2D eigenvalue weighted by Crippen LogP contribution is -2.02. The maximum Gasteiger partial charge on any atom is 0.170 e. The zero-order valence-corrected chi connectivity index (χ0v) is 10.1. The number of rotatable bonds is 4. The highest BCUT2D eigenvalue weighted by molar-refractivity contribution is 6.01. The second kappa shape index (κ2) is 5.52. The number of carbonyl (C=O) groups excluding carboxylic acids is 1. The summed E-state index contributed by atoms with van der Waals surface area (Å²) >= 11 is 0. The third kappa shape index (κ3) is 3.00. The molecule has 0 saturated heterocycles. The molecule has 0 aromatic heterocycles. The van der Waals surface area contributed by atoms with Crippen molar-refractivity contribution in [2.45, 2.75) is 12.8 Å². The number of hydrogen-bond donors (Lipinski definition) is 4. The van der Waals surface area contributed by atoms with E-state index in [-0.39, 0.29) is 5.56 Å². The molecule has 0 radical (unpaired) electrons. The van der Waals surface area contributed by atoms with E-state index in [1.165, 1.54) is 0 Å². The molecule has 0 bridgehead atoms. The Bertz CT molecular complexity index is 860. The molecule has 0 aliphatic rings. The van der Waals surface area contributed by atoms with Gasteiger partial charge in [-0.05, 0) is 24.1 Å². The van der Waals surface area contributed by atoms with E-state index < -0.39 is 71.3 Å². The number of benzene rings is 2. The smallest absolute Gasteiger partial charge is 0.170 e. The molecule has 0 saturated carbocycles. The molecule has 2 aromatic rings. The summed E-state index contributed by atoms with van der Waals surface area (Å²) in [6, 6.07) is -0.764. The minimum absolute atomic E-state index is 0.0334. The Morgan fingerprint density at radius 2 is 1.60 bits per heavy atom. The Balaban J connectivity index is 2.49. The molecule has 0 fully saturated rings. The first-order valence-electron chi connectivity index (χ1n) is 8.46. The van der Waals surface area contributed by atoms with Gasteiger partial charge in [0.2, 0.25) is 0 Å². The normalized spacial score (nSPS) is 15.4. The van der Waals surface area contributed by atoms with Crippen molar-refractivity contribution in [2.24, 2.45) is 0 Å². The number of Topliss-reactive ketones (excluding diaryl/α,β-unsaturated/α-hetero) is 1. The molecule has 2 rings (SSSR count). The van der Waals surface area contributed by atoms with Crippen molar-refractivity contribution in [3.05, 3.63) is 47.4 Å². The lowest BCUT2D eigenvalue weighted by Gasteiger charge is -2.07. The maximum absolute atomic E-state index is 12.5. The van der Waals surface area contributed by atoms with E-state index in [0.717, 1.165) is 12.1 Å². The lowest BCUT2D eigenvalue weighted by atomic mass is 10.0. The van der Waals surface area contributed by atoms with Gasteiger partial charge in [-0.2, -0.15) is 0 Å². The first kappa shape index (κ1) is 7.79. The summed E-state index contributed by atoms with van der Waals surface area (Å²) < 4.78 is 45.7. The summed E-state index contributed by atoms with van der Waals surface area (Å²) in [5.74, 6) is -5.45. The molecule has 2 aromatic carbocycles. The zero-order chi connectivity index (χ0) is 20.0. The van der Waals surface area contributed by atoms with E-state index in [1.807, 2.05) is 0 Å². The predicted molar refractivity (Wildman–Crippen MR) is 72.2 cm³/mol. The summed E-state index contributed by atoms with van der Waals surface area (Å²) in [7, 11) is 0. The van der Waals surface area contributed by atoms with Gasteiger partial charge in [-0.3, -0.25) is 4.79 Å². The predicted octanol–water partition coefficient (Wildman–Crippen LogP) is 2.32. The standard InChI is InChI=1S/C15H14O5/c16-10-4-1-9(2-5-10)3-6-12(18)15-13(19)7-11(17)8-14(15)20/h1-2,4-5,7-8,16-17,19-20H,3,6H2/i4D,5D,6D2,7D,8D. The van der Waals surface area contributed by atoms with E-state index in [1.54, 1.807) is 0 Å². The van der Waals surface area contributed by atoms with Crippen LogP contribution < -0.4 is 0 Å². The number of phenols is 4. The van der Waals surface area contributed by atoms with E-state index in [9.17, 15) is 25.2 Å². The van der Waals surface area contributed by atoms with Crippen molar-refractivity contribution < 1.29 is 33.4 Å². The molecule has 104 valence electrons. The van der Waals surface area contributed by atoms with E-state index in [0.29, 0.717) is 0 Å². The molecule has 0 heterocycles. The molecule has 5 heteroatoms. The van der Waals surface area contributed by atoms with Crippen LogP contribution >= 0.6 is 0 Å². The fraction of sp³-hybridized carbons (Fsp3) is 0.133. The average molecular weight is 280 g/mol. The van der Waals surface area contributed by atoms with Crippen molar-refractivity contribution in [1.82, 2.24) is 0 Å². The molecule has 0 atom stereocenters. The van der Waals surface area contributed by atoms with Gasteiger partial charge in [0.25, 0.3) is 0 Å². The molecular formula is C15H14O5. The topological polar surface area (TPSA) is 98.0 Å². The Labute approximate surface area is 123 Å². The summed E-state index contributed by atoms with van der Waals surface area (Å²) in [5, 5.41) is 38.5. The number of aromatic hydroxyl groups is 4. The molecule has 4 N–H and O–H groups in total. The third-order valence-electron chi connectivity index (χ3n) is 2.42. The monoisotopic (exact) mass is 280 g/mol. The van der Waals surface area contributed by atoms with Crippen molar-refractivity contribution in [3.8, 4) is 23.0 Å². The van der Waals surface area contributed by atoms with Gasteiger partial charge in [0.1, 0.15) is 28.6 Å². The molecule has 0 aliphatic carbocycles. The van der Waals surface area contributed by atoms with E-state index in [4.69, 9.17) is 8.22 Å². The average Bonchev–Trinajstić information content (AvgIpc) is 2.55. The zero-order valence-electron chi connectivity index (χ0n) is 16.1. The van der Waals surface area contributed by atoms with Crippen LogP contribution in [0.25, 0.3) is 0 Å². The molecule has 0 aliphatic heterocycles. The number of phenolic OH excluding ortho intramolecular Hbond substituents is 4. The maximum atomic E-state index is 12.5. The first-order chi connectivity index (χ1) is 11.9. The lowest BCUT2D eigenvalue weighted by molar-refractivity contribution is 0.0977. The van der Waals surface area contributed by atoms with Gasteiger partial charge in [0.15, 0.2) is 5.78 Å². The summed E-state index contributed by atoms with van der Waals surface area (Å²) in [4.78, 5) is 12.5. The molecule has 20 heavy (non-hydrogen) atoms. The second-order valence-corrected chi connectivity index (χ2v) is 3.85. The van der Waals surface area contributed by atoms with Crippen LogP contribution in [0.15, 0.2) is 36.3 Å². The first-order valence-corrected chi connectivity index (χ1v) is 5.46. The number of carbonyl (C=O) groups is 1. The van der Waals surface area contributed by atoms with Gasteiger partial charge < -0.3 is 20.4 Å². The molecule has 5 nitrogen and oxygen atoms in total. The quantitative estimate of drug-likeness (QED) is 0.644. The van der Waals surface area contributed by atoms with Gasteiger partial charge in [-0.1, -0.05) is 12.1 Å².